The van der Waals surface area contributed by atoms with Crippen LogP contribution in [0.3, 0.4) is 0 Å². The molecule has 1 aromatic heterocycles. The molecule has 1 aromatic carbocycles. The van der Waals surface area contributed by atoms with Crippen molar-refractivity contribution in [1.82, 2.24) is 4.90 Å². The van der Waals surface area contributed by atoms with E-state index in [4.69, 9.17) is 5.11 Å². The molecule has 0 saturated carbocycles. The van der Waals surface area contributed by atoms with E-state index in [2.05, 4.69) is 29.2 Å². The van der Waals surface area contributed by atoms with Gasteiger partial charge in [-0.25, -0.2) is 4.79 Å². The number of carboxylic acids is 1. The van der Waals surface area contributed by atoms with Crippen LogP contribution in [-0.2, 0) is 19.5 Å². The zero-order valence-electron chi connectivity index (χ0n) is 11.3. The van der Waals surface area contributed by atoms with E-state index in [-0.39, 0.29) is 24.8 Å². The Bertz CT molecular complexity index is 601. The van der Waals surface area contributed by atoms with Crippen LogP contribution in [0.2, 0.25) is 0 Å². The van der Waals surface area contributed by atoms with Gasteiger partial charge in [0.1, 0.15) is 0 Å². The van der Waals surface area contributed by atoms with Gasteiger partial charge >= 0.3 is 5.97 Å². The van der Waals surface area contributed by atoms with Crippen molar-refractivity contribution < 1.29 is 9.90 Å². The number of aromatic carboxylic acids is 1. The summed E-state index contributed by atoms with van der Waals surface area (Å²) >= 11 is 1.57. The first-order chi connectivity index (χ1) is 9.24. The summed E-state index contributed by atoms with van der Waals surface area (Å²) in [6.45, 7) is 2.72. The number of hydrogen-bond acceptors (Lipinski definition) is 3. The first kappa shape index (κ1) is 18.0. The predicted octanol–water partition coefficient (Wildman–Crippen LogP) is 3.85. The number of nitrogens with zero attached hydrogens (tertiary/aromatic N) is 1. The third kappa shape index (κ3) is 3.98. The number of benzene rings is 1. The smallest absolute Gasteiger partial charge is 0.336 e. The van der Waals surface area contributed by atoms with Crippen LogP contribution in [0.25, 0.3) is 0 Å². The van der Waals surface area contributed by atoms with E-state index in [9.17, 15) is 4.79 Å². The fraction of sp³-hybridized carbons (Fsp3) is 0.267. The van der Waals surface area contributed by atoms with Gasteiger partial charge in [0.05, 0.1) is 5.56 Å². The molecule has 2 aromatic rings. The second-order valence-corrected chi connectivity index (χ2v) is 5.77. The first-order valence-electron chi connectivity index (χ1n) is 6.33. The van der Waals surface area contributed by atoms with E-state index in [0.717, 1.165) is 31.6 Å². The Morgan fingerprint density at radius 2 is 1.95 bits per heavy atom. The molecule has 0 aliphatic carbocycles. The summed E-state index contributed by atoms with van der Waals surface area (Å²) in [5.41, 5.74) is 2.85. The molecular formula is C15H17Cl2NO2S. The van der Waals surface area contributed by atoms with Crippen molar-refractivity contribution in [3.05, 3.63) is 57.3 Å². The molecule has 114 valence electrons. The van der Waals surface area contributed by atoms with Crippen LogP contribution < -0.4 is 0 Å². The highest BCUT2D eigenvalue weighted by atomic mass is 35.5. The number of rotatable bonds is 3. The lowest BCUT2D eigenvalue weighted by atomic mass is 10.0. The second-order valence-electron chi connectivity index (χ2n) is 4.80. The SMILES string of the molecule is Cl.Cl.O=C(O)c1csc2c1CCN(Cc1ccccc1)C2. The van der Waals surface area contributed by atoms with E-state index in [1.165, 1.54) is 10.4 Å². The van der Waals surface area contributed by atoms with Gasteiger partial charge in [-0.1, -0.05) is 30.3 Å². The number of fused-ring (bicyclic) bond motifs is 1. The van der Waals surface area contributed by atoms with Gasteiger partial charge < -0.3 is 5.11 Å². The maximum atomic E-state index is 11.1. The van der Waals surface area contributed by atoms with Crippen molar-refractivity contribution in [3.63, 3.8) is 0 Å². The quantitative estimate of drug-likeness (QED) is 0.918. The molecule has 0 atom stereocenters. The highest BCUT2D eigenvalue weighted by Gasteiger charge is 2.23. The minimum atomic E-state index is -0.797. The minimum Gasteiger partial charge on any atom is -0.478 e. The van der Waals surface area contributed by atoms with E-state index in [0.29, 0.717) is 5.56 Å². The normalized spacial score (nSPS) is 13.7. The number of hydrogen-bond donors (Lipinski definition) is 1. The predicted molar refractivity (Wildman–Crippen MR) is 90.0 cm³/mol. The zero-order chi connectivity index (χ0) is 13.2. The van der Waals surface area contributed by atoms with Crippen LogP contribution in [0.4, 0.5) is 0 Å². The summed E-state index contributed by atoms with van der Waals surface area (Å²) in [5.74, 6) is -0.797. The molecule has 6 heteroatoms. The summed E-state index contributed by atoms with van der Waals surface area (Å²) in [5, 5.41) is 10.9. The Kier molecular flexibility index (Phi) is 6.68. The van der Waals surface area contributed by atoms with Crippen molar-refractivity contribution in [1.29, 1.82) is 0 Å². The number of halogens is 2. The van der Waals surface area contributed by atoms with Gasteiger partial charge in [0.2, 0.25) is 0 Å². The van der Waals surface area contributed by atoms with Crippen LogP contribution in [0.15, 0.2) is 35.7 Å². The topological polar surface area (TPSA) is 40.5 Å². The Balaban J connectivity index is 0.00000110. The highest BCUT2D eigenvalue weighted by Crippen LogP contribution is 2.29. The lowest BCUT2D eigenvalue weighted by Gasteiger charge is -2.27. The molecule has 1 aliphatic rings. The fourth-order valence-electron chi connectivity index (χ4n) is 2.54. The number of thiophene rings is 1. The third-order valence-corrected chi connectivity index (χ3v) is 4.52. The van der Waals surface area contributed by atoms with Crippen LogP contribution in [-0.4, -0.2) is 22.5 Å². The second kappa shape index (κ2) is 7.80. The van der Waals surface area contributed by atoms with Gasteiger partial charge in [0.15, 0.2) is 0 Å². The number of carboxylic acid groups (broad SMARTS) is 1. The Labute approximate surface area is 140 Å². The molecule has 1 aliphatic heterocycles. The maximum Gasteiger partial charge on any atom is 0.336 e. The van der Waals surface area contributed by atoms with Gasteiger partial charge in [0, 0.05) is 29.9 Å². The molecule has 3 rings (SSSR count). The largest absolute Gasteiger partial charge is 0.478 e. The van der Waals surface area contributed by atoms with E-state index >= 15 is 0 Å². The van der Waals surface area contributed by atoms with E-state index in [1.54, 1.807) is 16.7 Å². The summed E-state index contributed by atoms with van der Waals surface area (Å²) < 4.78 is 0. The molecule has 2 heterocycles. The van der Waals surface area contributed by atoms with Crippen molar-refractivity contribution in [2.45, 2.75) is 19.5 Å². The van der Waals surface area contributed by atoms with Crippen molar-refractivity contribution in [3.8, 4) is 0 Å². The van der Waals surface area contributed by atoms with Crippen LogP contribution in [0.1, 0.15) is 26.4 Å². The van der Waals surface area contributed by atoms with Gasteiger partial charge in [-0.15, -0.1) is 36.2 Å². The summed E-state index contributed by atoms with van der Waals surface area (Å²) in [7, 11) is 0. The van der Waals surface area contributed by atoms with Crippen LogP contribution in [0, 0.1) is 0 Å². The van der Waals surface area contributed by atoms with Crippen LogP contribution >= 0.6 is 36.2 Å². The summed E-state index contributed by atoms with van der Waals surface area (Å²) in [6.07, 6.45) is 0.841. The van der Waals surface area contributed by atoms with Crippen molar-refractivity contribution >= 4 is 42.1 Å². The van der Waals surface area contributed by atoms with Gasteiger partial charge in [0.25, 0.3) is 0 Å². The molecular weight excluding hydrogens is 329 g/mol. The Morgan fingerprint density at radius 1 is 1.24 bits per heavy atom. The van der Waals surface area contributed by atoms with E-state index < -0.39 is 5.97 Å². The lowest BCUT2D eigenvalue weighted by Crippen LogP contribution is -2.29. The molecule has 0 saturated heterocycles. The van der Waals surface area contributed by atoms with E-state index in [1.807, 2.05) is 6.07 Å². The zero-order valence-corrected chi connectivity index (χ0v) is 13.8. The molecule has 0 unspecified atom stereocenters. The van der Waals surface area contributed by atoms with Crippen molar-refractivity contribution in [2.75, 3.05) is 6.54 Å². The monoisotopic (exact) mass is 345 g/mol. The average Bonchev–Trinajstić information content (AvgIpc) is 2.83. The molecule has 1 N–H and O–H groups in total. The van der Waals surface area contributed by atoms with Gasteiger partial charge in [-0.2, -0.15) is 0 Å². The summed E-state index contributed by atoms with van der Waals surface area (Å²) in [6, 6.07) is 10.4. The van der Waals surface area contributed by atoms with Crippen molar-refractivity contribution in [2.24, 2.45) is 0 Å². The first-order valence-corrected chi connectivity index (χ1v) is 7.21. The minimum absolute atomic E-state index is 0. The highest BCUT2D eigenvalue weighted by molar-refractivity contribution is 7.10. The molecule has 0 spiro atoms. The summed E-state index contributed by atoms with van der Waals surface area (Å²) in [4.78, 5) is 14.7. The standard InChI is InChI=1S/C15H15NO2S.2ClH/c17-15(18)13-10-19-14-9-16(7-6-12(13)14)8-11-4-2-1-3-5-11;;/h1-5,10H,6-9H2,(H,17,18);2*1H. The molecule has 0 amide bonds. The Morgan fingerprint density at radius 3 is 2.62 bits per heavy atom. The molecule has 0 fully saturated rings. The molecule has 0 radical (unpaired) electrons. The van der Waals surface area contributed by atoms with Crippen LogP contribution in [0.5, 0.6) is 0 Å². The van der Waals surface area contributed by atoms with Gasteiger partial charge in [-0.3, -0.25) is 4.90 Å². The van der Waals surface area contributed by atoms with Gasteiger partial charge in [-0.05, 0) is 17.5 Å². The fourth-order valence-corrected chi connectivity index (χ4v) is 3.65. The maximum absolute atomic E-state index is 11.1. The molecule has 0 bridgehead atoms. The average molecular weight is 346 g/mol. The molecule has 21 heavy (non-hydrogen) atoms. The number of carbonyl (C=O) groups is 1. The lowest BCUT2D eigenvalue weighted by molar-refractivity contribution is 0.0695. The third-order valence-electron chi connectivity index (χ3n) is 3.51. The Hall–Kier alpha value is -1.07. The molecule has 3 nitrogen and oxygen atoms in total.